The van der Waals surface area contributed by atoms with Crippen LogP contribution in [0.4, 0.5) is 11.6 Å². The number of ether oxygens (including phenoxy) is 1. The van der Waals surface area contributed by atoms with E-state index in [0.717, 1.165) is 6.42 Å². The summed E-state index contributed by atoms with van der Waals surface area (Å²) < 4.78 is 4.96. The first kappa shape index (κ1) is 16.2. The predicted molar refractivity (Wildman–Crippen MR) is 86.4 cm³/mol. The molecule has 0 radical (unpaired) electrons. The molecule has 0 saturated carbocycles. The predicted octanol–water partition coefficient (Wildman–Crippen LogP) is 2.83. The van der Waals surface area contributed by atoms with Crippen LogP contribution in [0, 0.1) is 0 Å². The van der Waals surface area contributed by atoms with Crippen molar-refractivity contribution in [3.05, 3.63) is 47.2 Å². The normalized spacial score (nSPS) is 10.3. The molecule has 0 unspecified atom stereocenters. The third-order valence-electron chi connectivity index (χ3n) is 2.78. The monoisotopic (exact) mass is 320 g/mol. The van der Waals surface area contributed by atoms with Crippen LogP contribution in [0.15, 0.2) is 36.5 Å². The van der Waals surface area contributed by atoms with Crippen LogP contribution in [0.3, 0.4) is 0 Å². The highest BCUT2D eigenvalue weighted by Crippen LogP contribution is 2.15. The van der Waals surface area contributed by atoms with Crippen LogP contribution < -0.4 is 10.6 Å². The van der Waals surface area contributed by atoms with E-state index in [-0.39, 0.29) is 11.6 Å². The maximum Gasteiger partial charge on any atom is 0.274 e. The maximum atomic E-state index is 12.2. The number of hydrogen-bond acceptors (Lipinski definition) is 5. The second kappa shape index (κ2) is 8.31. The van der Waals surface area contributed by atoms with Gasteiger partial charge in [0.15, 0.2) is 0 Å². The van der Waals surface area contributed by atoms with Crippen LogP contribution >= 0.6 is 11.6 Å². The number of halogens is 1. The molecule has 0 aliphatic heterocycles. The van der Waals surface area contributed by atoms with Gasteiger partial charge in [-0.3, -0.25) is 4.79 Å². The molecule has 6 nitrogen and oxygen atoms in total. The second-order valence-electron chi connectivity index (χ2n) is 4.50. The first-order valence-electron chi connectivity index (χ1n) is 6.82. The zero-order chi connectivity index (χ0) is 15.8. The smallest absolute Gasteiger partial charge is 0.274 e. The van der Waals surface area contributed by atoms with E-state index in [9.17, 15) is 4.79 Å². The SMILES string of the molecule is COCCCNc1nccc(C(=O)Nc2cccc(Cl)c2)n1. The summed E-state index contributed by atoms with van der Waals surface area (Å²) in [5.41, 5.74) is 0.898. The van der Waals surface area contributed by atoms with Gasteiger partial charge in [-0.25, -0.2) is 9.97 Å². The Morgan fingerprint density at radius 3 is 3.00 bits per heavy atom. The van der Waals surface area contributed by atoms with Gasteiger partial charge in [-0.2, -0.15) is 0 Å². The quantitative estimate of drug-likeness (QED) is 0.767. The molecule has 0 spiro atoms. The van der Waals surface area contributed by atoms with Gasteiger partial charge in [0.1, 0.15) is 5.69 Å². The van der Waals surface area contributed by atoms with Crippen molar-refractivity contribution in [2.75, 3.05) is 30.9 Å². The summed E-state index contributed by atoms with van der Waals surface area (Å²) in [6.45, 7) is 1.33. The van der Waals surface area contributed by atoms with Gasteiger partial charge < -0.3 is 15.4 Å². The van der Waals surface area contributed by atoms with Gasteiger partial charge >= 0.3 is 0 Å². The summed E-state index contributed by atoms with van der Waals surface area (Å²) in [5.74, 6) is 0.0967. The van der Waals surface area contributed by atoms with E-state index in [2.05, 4.69) is 20.6 Å². The molecule has 0 atom stereocenters. The Bertz CT molecular complexity index is 636. The fourth-order valence-electron chi connectivity index (χ4n) is 1.75. The molecule has 2 aromatic rings. The summed E-state index contributed by atoms with van der Waals surface area (Å²) in [6, 6.07) is 8.49. The third kappa shape index (κ3) is 4.98. The van der Waals surface area contributed by atoms with Gasteiger partial charge in [0.2, 0.25) is 5.95 Å². The van der Waals surface area contributed by atoms with Crippen LogP contribution in [0.5, 0.6) is 0 Å². The lowest BCUT2D eigenvalue weighted by molar-refractivity contribution is 0.102. The molecule has 1 aromatic heterocycles. The molecule has 0 fully saturated rings. The van der Waals surface area contributed by atoms with E-state index >= 15 is 0 Å². The van der Waals surface area contributed by atoms with E-state index < -0.39 is 0 Å². The van der Waals surface area contributed by atoms with Gasteiger partial charge in [-0.15, -0.1) is 0 Å². The minimum absolute atomic E-state index is 0.282. The van der Waals surface area contributed by atoms with Crippen molar-refractivity contribution in [2.24, 2.45) is 0 Å². The van der Waals surface area contributed by atoms with Crippen LogP contribution in [0.25, 0.3) is 0 Å². The number of methoxy groups -OCH3 is 1. The number of rotatable bonds is 7. The van der Waals surface area contributed by atoms with Crippen molar-refractivity contribution in [3.8, 4) is 0 Å². The lowest BCUT2D eigenvalue weighted by Gasteiger charge is -2.07. The number of anilines is 2. The van der Waals surface area contributed by atoms with Crippen LogP contribution in [0.2, 0.25) is 5.02 Å². The molecule has 0 aliphatic rings. The fourth-order valence-corrected chi connectivity index (χ4v) is 1.94. The Kier molecular flexibility index (Phi) is 6.12. The average molecular weight is 321 g/mol. The number of nitrogens with zero attached hydrogens (tertiary/aromatic N) is 2. The third-order valence-corrected chi connectivity index (χ3v) is 3.01. The number of hydrogen-bond donors (Lipinski definition) is 2. The Labute approximate surface area is 133 Å². The van der Waals surface area contributed by atoms with Crippen LogP contribution in [0.1, 0.15) is 16.9 Å². The Hall–Kier alpha value is -2.18. The number of carbonyl (C=O) groups is 1. The number of nitrogens with one attached hydrogen (secondary N) is 2. The molecular weight excluding hydrogens is 304 g/mol. The molecule has 0 bridgehead atoms. The Morgan fingerprint density at radius 2 is 2.23 bits per heavy atom. The molecule has 22 heavy (non-hydrogen) atoms. The van der Waals surface area contributed by atoms with Crippen LogP contribution in [-0.4, -0.2) is 36.1 Å². The number of carbonyl (C=O) groups excluding carboxylic acids is 1. The van der Waals surface area contributed by atoms with Crippen molar-refractivity contribution >= 4 is 29.1 Å². The molecule has 0 aliphatic carbocycles. The Morgan fingerprint density at radius 1 is 1.36 bits per heavy atom. The largest absolute Gasteiger partial charge is 0.385 e. The highest BCUT2D eigenvalue weighted by molar-refractivity contribution is 6.30. The molecule has 1 aromatic carbocycles. The lowest BCUT2D eigenvalue weighted by Crippen LogP contribution is -2.15. The molecule has 0 saturated heterocycles. The van der Waals surface area contributed by atoms with E-state index in [1.807, 2.05) is 0 Å². The Balaban J connectivity index is 1.97. The average Bonchev–Trinajstić information content (AvgIpc) is 2.52. The van der Waals surface area contributed by atoms with E-state index in [1.165, 1.54) is 0 Å². The second-order valence-corrected chi connectivity index (χ2v) is 4.94. The lowest BCUT2D eigenvalue weighted by atomic mass is 10.3. The van der Waals surface area contributed by atoms with E-state index in [4.69, 9.17) is 16.3 Å². The van der Waals surface area contributed by atoms with Gasteiger partial charge in [-0.1, -0.05) is 17.7 Å². The molecular formula is C15H17ClN4O2. The highest BCUT2D eigenvalue weighted by atomic mass is 35.5. The van der Waals surface area contributed by atoms with Crippen molar-refractivity contribution in [1.82, 2.24) is 9.97 Å². The summed E-state index contributed by atoms with van der Waals surface area (Å²) in [6.07, 6.45) is 2.37. The standard InChI is InChI=1S/C15H17ClN4O2/c1-22-9-3-7-17-15-18-8-6-13(20-15)14(21)19-12-5-2-4-11(16)10-12/h2,4-6,8,10H,3,7,9H2,1H3,(H,19,21)(H,17,18,20). The van der Waals surface area contributed by atoms with Gasteiger partial charge in [0.25, 0.3) is 5.91 Å². The summed E-state index contributed by atoms with van der Waals surface area (Å²) in [4.78, 5) is 20.4. The maximum absolute atomic E-state index is 12.2. The number of benzene rings is 1. The van der Waals surface area contributed by atoms with Gasteiger partial charge in [0.05, 0.1) is 0 Å². The first-order chi connectivity index (χ1) is 10.7. The molecule has 1 heterocycles. The summed E-state index contributed by atoms with van der Waals surface area (Å²) in [7, 11) is 1.65. The molecule has 116 valence electrons. The number of aromatic nitrogens is 2. The molecule has 2 rings (SSSR count). The van der Waals surface area contributed by atoms with Crippen molar-refractivity contribution in [1.29, 1.82) is 0 Å². The van der Waals surface area contributed by atoms with E-state index in [1.54, 1.807) is 43.6 Å². The minimum Gasteiger partial charge on any atom is -0.385 e. The van der Waals surface area contributed by atoms with E-state index in [0.29, 0.717) is 29.8 Å². The molecule has 1 amide bonds. The topological polar surface area (TPSA) is 76.1 Å². The first-order valence-corrected chi connectivity index (χ1v) is 7.19. The molecule has 7 heteroatoms. The highest BCUT2D eigenvalue weighted by Gasteiger charge is 2.09. The zero-order valence-corrected chi connectivity index (χ0v) is 12.9. The molecule has 2 N–H and O–H groups in total. The fraction of sp³-hybridized carbons (Fsp3) is 0.267. The minimum atomic E-state index is -0.315. The van der Waals surface area contributed by atoms with Gasteiger partial charge in [0, 0.05) is 37.2 Å². The van der Waals surface area contributed by atoms with Crippen LogP contribution in [-0.2, 0) is 4.74 Å². The van der Waals surface area contributed by atoms with Gasteiger partial charge in [-0.05, 0) is 30.7 Å². The zero-order valence-electron chi connectivity index (χ0n) is 12.2. The van der Waals surface area contributed by atoms with Crippen molar-refractivity contribution in [3.63, 3.8) is 0 Å². The summed E-state index contributed by atoms with van der Waals surface area (Å²) in [5, 5.41) is 6.34. The van der Waals surface area contributed by atoms with Crippen molar-refractivity contribution < 1.29 is 9.53 Å². The van der Waals surface area contributed by atoms with Crippen molar-refractivity contribution in [2.45, 2.75) is 6.42 Å². The summed E-state index contributed by atoms with van der Waals surface area (Å²) >= 11 is 5.89. The number of amides is 1.